The van der Waals surface area contributed by atoms with Gasteiger partial charge in [-0.05, 0) is 294 Å². The van der Waals surface area contributed by atoms with Crippen LogP contribution in [-0.4, -0.2) is 88.2 Å². The fraction of sp³-hybridized carbons (Fsp3) is 0.214. The molecular weight excluding hydrogens is 2070 g/mol. The summed E-state index contributed by atoms with van der Waals surface area (Å²) in [6.45, 7) is 25.9. The van der Waals surface area contributed by atoms with Gasteiger partial charge in [-0.3, -0.25) is 33.9 Å². The summed E-state index contributed by atoms with van der Waals surface area (Å²) < 4.78 is 36.6. The van der Waals surface area contributed by atoms with E-state index in [2.05, 4.69) is 107 Å². The number of piperidine rings is 2. The Balaban J connectivity index is 0.000000137. The van der Waals surface area contributed by atoms with Crippen molar-refractivity contribution in [3.8, 4) is 101 Å². The van der Waals surface area contributed by atoms with Crippen molar-refractivity contribution in [2.45, 2.75) is 123 Å². The smallest absolute Gasteiger partial charge is 0.190 e. The quantitative estimate of drug-likeness (QED) is 0.120. The van der Waals surface area contributed by atoms with Gasteiger partial charge in [0, 0.05) is 155 Å². The molecule has 0 bridgehead atoms. The van der Waals surface area contributed by atoms with Crippen LogP contribution in [0.5, 0.6) is 0 Å². The lowest BCUT2D eigenvalue weighted by atomic mass is 9.86. The van der Waals surface area contributed by atoms with Gasteiger partial charge in [-0.25, -0.2) is 8.78 Å². The third kappa shape index (κ3) is 22.5. The summed E-state index contributed by atoms with van der Waals surface area (Å²) in [7, 11) is 0. The summed E-state index contributed by atoms with van der Waals surface area (Å²) in [5.41, 5.74) is 18.5. The number of hydrogen-bond acceptors (Lipinski definition) is 7. The fourth-order valence-electron chi connectivity index (χ4n) is 19.6. The largest absolute Gasteiger partial charge is 0.316 e. The van der Waals surface area contributed by atoms with E-state index in [1.165, 1.54) is 35.4 Å². The third-order valence-electron chi connectivity index (χ3n) is 27.0. The van der Waals surface area contributed by atoms with Crippen LogP contribution in [0, 0.1) is 11.6 Å². The van der Waals surface area contributed by atoms with Crippen LogP contribution in [0.4, 0.5) is 8.78 Å². The molecule has 2 fully saturated rings. The number of nitrogens with zero attached hydrogens (tertiary/aromatic N) is 7. The molecule has 26 heteroatoms. The maximum absolute atomic E-state index is 15.1. The second-order valence-corrected chi connectivity index (χ2v) is 43.6. The van der Waals surface area contributed by atoms with E-state index < -0.39 is 11.6 Å². The Morgan fingerprint density at radius 1 is 0.273 bits per heavy atom. The highest BCUT2D eigenvalue weighted by Crippen LogP contribution is 2.48. The maximum atomic E-state index is 15.1. The van der Waals surface area contributed by atoms with Crippen molar-refractivity contribution in [1.29, 1.82) is 0 Å². The summed E-state index contributed by atoms with van der Waals surface area (Å²) in [4.78, 5) is 60.6. The molecule has 8 aromatic heterocycles. The minimum Gasteiger partial charge on any atom is -0.316 e. The highest BCUT2D eigenvalue weighted by Gasteiger charge is 2.34. The van der Waals surface area contributed by atoms with Crippen LogP contribution < -0.4 is 21.7 Å². The Labute approximate surface area is 896 Å². The Hall–Kier alpha value is -10.1. The molecule has 0 amide bonds. The van der Waals surface area contributed by atoms with Crippen LogP contribution in [0.15, 0.2) is 311 Å². The van der Waals surface area contributed by atoms with Gasteiger partial charge in [-0.2, -0.15) is 0 Å². The van der Waals surface area contributed by atoms with Crippen molar-refractivity contribution in [1.82, 2.24) is 32.3 Å². The first kappa shape index (κ1) is 106. The zero-order valence-corrected chi connectivity index (χ0v) is 89.5. The van der Waals surface area contributed by atoms with E-state index in [4.69, 9.17) is 139 Å². The van der Waals surface area contributed by atoms with Crippen molar-refractivity contribution in [2.24, 2.45) is 0 Å². The van der Waals surface area contributed by atoms with E-state index in [1.54, 1.807) is 108 Å². The number of halogens is 15. The Kier molecular flexibility index (Phi) is 32.8. The second kappa shape index (κ2) is 44.3. The van der Waals surface area contributed by atoms with Crippen LogP contribution in [-0.2, 0) is 0 Å². The molecule has 17 aromatic rings. The van der Waals surface area contributed by atoms with E-state index in [1.807, 2.05) is 141 Å². The van der Waals surface area contributed by atoms with Crippen LogP contribution in [0.1, 0.15) is 123 Å². The highest BCUT2D eigenvalue weighted by molar-refractivity contribution is 6.42. The van der Waals surface area contributed by atoms with Gasteiger partial charge in [-0.15, -0.1) is 12.4 Å². The number of likely N-dealkylation sites (tertiary alicyclic amines) is 2. The molecular formula is C117H100Cl13F2N7O4. The van der Waals surface area contributed by atoms with Crippen molar-refractivity contribution >= 4 is 179 Å². The SMILES string of the molecule is CC(C)(C)N1CC=C(c2cc(-c3ccccc3Cl)n3ccc(=O)c(-c4c(Cl)cccc4Cl)c3c2)CC1.CC(C)(C)N1CCC(c2cc(-c3ccc(F)cc3F)n3ccc(=O)c(-c4c(Cl)cccc4Cl)c3c2)CC1.CC(C)(C)N1CCC(c2cc(-c3ccccc3Cl)n3ccc(=O)c(-c4c(Cl)cccc4Cl)c3c2)CC1.Cl.O=c1ccn2c(-c3ccccc3Cl)cc(-c3ccccc3Cl)cc2c1-c1c(Cl)cccc1Cl. The molecule has 0 atom stereocenters. The number of benzene rings is 9. The van der Waals surface area contributed by atoms with Gasteiger partial charge in [0.05, 0.1) is 107 Å². The predicted octanol–water partition coefficient (Wildman–Crippen LogP) is 34.6. The molecule has 11 nitrogen and oxygen atoms in total. The molecule has 3 aliphatic rings. The van der Waals surface area contributed by atoms with E-state index in [-0.39, 0.29) is 62.2 Å². The number of pyridine rings is 8. The number of rotatable bonds is 12. The summed E-state index contributed by atoms with van der Waals surface area (Å²) in [5, 5.41) is 5.79. The minimum atomic E-state index is -0.669. The monoisotopic (exact) mass is 2160 g/mol. The maximum Gasteiger partial charge on any atom is 0.190 e. The number of hydrogen-bond donors (Lipinski definition) is 0. The molecule has 2 saturated heterocycles. The molecule has 0 saturated carbocycles. The molecule has 9 aromatic carbocycles. The van der Waals surface area contributed by atoms with Crippen LogP contribution in [0.2, 0.25) is 60.3 Å². The average molecular weight is 2170 g/mol. The normalized spacial score (nSPS) is 14.2. The van der Waals surface area contributed by atoms with Gasteiger partial charge in [0.2, 0.25) is 0 Å². The van der Waals surface area contributed by atoms with Gasteiger partial charge >= 0.3 is 0 Å². The van der Waals surface area contributed by atoms with Crippen LogP contribution in [0.25, 0.3) is 128 Å². The lowest BCUT2D eigenvalue weighted by Crippen LogP contribution is -2.45. The average Bonchev–Trinajstić information content (AvgIpc) is 0.754. The first-order valence-corrected chi connectivity index (χ1v) is 51.3. The molecule has 3 aliphatic heterocycles. The first-order chi connectivity index (χ1) is 67.8. The fourth-order valence-corrected chi connectivity index (χ4v) is 22.9. The van der Waals surface area contributed by atoms with E-state index in [9.17, 15) is 23.6 Å². The van der Waals surface area contributed by atoms with Gasteiger partial charge in [0.15, 0.2) is 21.7 Å². The lowest BCUT2D eigenvalue weighted by Gasteiger charge is -2.41. The van der Waals surface area contributed by atoms with Gasteiger partial charge in [0.1, 0.15) is 11.6 Å². The molecule has 11 heterocycles. The zero-order valence-electron chi connectivity index (χ0n) is 79.6. The number of fused-ring (bicyclic) bond motifs is 4. The molecule has 143 heavy (non-hydrogen) atoms. The predicted molar refractivity (Wildman–Crippen MR) is 601 cm³/mol. The standard InChI is InChI=1S/C30H29Cl3N2O.C30H27Cl3N2O.C30H28Cl2F2N2O.C27H15Cl4NO.ClH/c2*1-30(2,3)34-14-11-19(12-15-34)20-17-25(21-7-4-5-8-22(21)31)35-16-13-27(36)29(26(35)18-20)28-23(32)9-6-10-24(28)33;1-30(2,3)35-12-9-18(10-13-35)19-15-25(21-8-7-20(33)17-24(21)34)36-14-11-27(37)29(26(36)16-19)28-22(31)5-4-6-23(28)32;28-19-8-3-1-6-17(19)16-14-23(18-7-2-4-9-20(18)29)32-13-12-25(33)27(24(32)15-16)26-21(30)10-5-11-22(26)31;/h4-10,13,16-19H,11-12,14-15H2,1-3H3;4-11,13,16-18H,12,14-15H2,1-3H3;4-8,11,14-18H,9-10,12-13H2,1-3H3;1-15H;1H. The Morgan fingerprint density at radius 3 is 0.853 bits per heavy atom. The molecule has 20 rings (SSSR count). The molecule has 0 N–H and O–H groups in total. The van der Waals surface area contributed by atoms with Crippen LogP contribution >= 0.6 is 152 Å². The van der Waals surface area contributed by atoms with Gasteiger partial charge < -0.3 is 17.6 Å². The van der Waals surface area contributed by atoms with Gasteiger partial charge in [0.25, 0.3) is 0 Å². The van der Waals surface area contributed by atoms with Gasteiger partial charge in [-0.1, -0.05) is 242 Å². The molecule has 0 aliphatic carbocycles. The topological polar surface area (TPSA) is 95.6 Å². The molecule has 732 valence electrons. The van der Waals surface area contributed by atoms with Crippen molar-refractivity contribution in [3.63, 3.8) is 0 Å². The third-order valence-corrected chi connectivity index (χ3v) is 30.9. The van der Waals surface area contributed by atoms with Crippen LogP contribution in [0.3, 0.4) is 0 Å². The minimum absolute atomic E-state index is 0. The van der Waals surface area contributed by atoms with Crippen molar-refractivity contribution in [2.75, 3.05) is 39.3 Å². The second-order valence-electron chi connectivity index (χ2n) is 38.7. The molecule has 0 spiro atoms. The Bertz CT molecular complexity index is 8000. The van der Waals surface area contributed by atoms with Crippen molar-refractivity contribution in [3.05, 3.63) is 421 Å². The van der Waals surface area contributed by atoms with E-state index in [0.717, 1.165) is 144 Å². The zero-order chi connectivity index (χ0) is 101. The van der Waals surface area contributed by atoms with E-state index in [0.29, 0.717) is 127 Å². The summed E-state index contributed by atoms with van der Waals surface area (Å²) in [5.74, 6) is -0.723. The summed E-state index contributed by atoms with van der Waals surface area (Å²) >= 11 is 79.0. The summed E-state index contributed by atoms with van der Waals surface area (Å²) in [6.07, 6.45) is 14.1. The van der Waals surface area contributed by atoms with Crippen molar-refractivity contribution < 1.29 is 8.78 Å². The molecule has 0 unspecified atom stereocenters. The first-order valence-electron chi connectivity index (χ1n) is 46.7. The number of aromatic nitrogens is 4. The highest BCUT2D eigenvalue weighted by atomic mass is 35.5. The van der Waals surface area contributed by atoms with E-state index >= 15 is 4.39 Å². The molecule has 0 radical (unpaired) electrons. The summed E-state index contributed by atoms with van der Waals surface area (Å²) in [6, 6.07) is 77.8. The lowest BCUT2D eigenvalue weighted by molar-refractivity contribution is 0.102. The Morgan fingerprint density at radius 2 is 0.552 bits per heavy atom.